The summed E-state index contributed by atoms with van der Waals surface area (Å²) in [5.74, 6) is 0.760. The van der Waals surface area contributed by atoms with E-state index >= 15 is 0 Å². The molecule has 0 bridgehead atoms. The lowest BCUT2D eigenvalue weighted by atomic mass is 9.79. The fourth-order valence-electron chi connectivity index (χ4n) is 2.95. The molecule has 2 aromatic rings. The molecule has 1 N–H and O–H groups in total. The summed E-state index contributed by atoms with van der Waals surface area (Å²) in [6, 6.07) is 15.3. The fraction of sp³-hybridized carbons (Fsp3) is 0.333. The first-order valence-electron chi connectivity index (χ1n) is 7.41. The number of halogens is 2. The van der Waals surface area contributed by atoms with Crippen molar-refractivity contribution in [3.05, 3.63) is 68.7 Å². The zero-order chi connectivity index (χ0) is 14.8. The largest absolute Gasteiger partial charge is 0.309 e. The molecule has 0 aromatic heterocycles. The maximum Gasteiger partial charge on any atom is 0.0574 e. The van der Waals surface area contributed by atoms with Crippen LogP contribution in [-0.4, -0.2) is 7.05 Å². The molecule has 1 atom stereocenters. The normalized spacial score (nSPS) is 16.5. The van der Waals surface area contributed by atoms with Gasteiger partial charge in [-0.05, 0) is 70.6 Å². The Hall–Kier alpha value is -0.830. The van der Waals surface area contributed by atoms with Gasteiger partial charge in [-0.1, -0.05) is 48.4 Å². The van der Waals surface area contributed by atoms with Gasteiger partial charge in [-0.25, -0.2) is 0 Å². The van der Waals surface area contributed by atoms with Crippen LogP contribution in [0.25, 0.3) is 0 Å². The van der Waals surface area contributed by atoms with Crippen molar-refractivity contribution in [2.75, 3.05) is 7.05 Å². The fourth-order valence-corrected chi connectivity index (χ4v) is 3.39. The minimum Gasteiger partial charge on any atom is -0.309 e. The second kappa shape index (κ2) is 6.51. The lowest BCUT2D eigenvalue weighted by Crippen LogP contribution is -2.18. The summed E-state index contributed by atoms with van der Waals surface area (Å²) < 4.78 is 0.936. The molecule has 0 heterocycles. The minimum absolute atomic E-state index is 0.177. The van der Waals surface area contributed by atoms with Crippen molar-refractivity contribution in [1.29, 1.82) is 0 Å². The predicted molar refractivity (Wildman–Crippen MR) is 93.1 cm³/mol. The number of hydrogen-bond donors (Lipinski definition) is 1. The summed E-state index contributed by atoms with van der Waals surface area (Å²) in [7, 11) is 2.00. The Morgan fingerprint density at radius 2 is 1.90 bits per heavy atom. The van der Waals surface area contributed by atoms with Crippen LogP contribution in [0.4, 0.5) is 0 Å². The van der Waals surface area contributed by atoms with Gasteiger partial charge in [0.05, 0.1) is 11.1 Å². The molecule has 0 saturated heterocycles. The van der Waals surface area contributed by atoms with Crippen LogP contribution in [0.15, 0.2) is 46.9 Å². The molecule has 1 aliphatic rings. The molecular formula is C18H19BrClN. The minimum atomic E-state index is 0.177. The highest BCUT2D eigenvalue weighted by molar-refractivity contribution is 9.10. The average molecular weight is 365 g/mol. The Balaban J connectivity index is 1.93. The highest BCUT2D eigenvalue weighted by atomic mass is 79.9. The van der Waals surface area contributed by atoms with Gasteiger partial charge in [-0.15, -0.1) is 0 Å². The Labute approximate surface area is 139 Å². The Morgan fingerprint density at radius 1 is 1.14 bits per heavy atom. The molecule has 0 amide bonds. The summed E-state index contributed by atoms with van der Waals surface area (Å²) in [6.07, 6.45) is 4.03. The third-order valence-electron chi connectivity index (χ3n) is 4.39. The van der Waals surface area contributed by atoms with Crippen molar-refractivity contribution in [2.45, 2.75) is 31.2 Å². The summed E-state index contributed by atoms with van der Waals surface area (Å²) in [4.78, 5) is 0. The van der Waals surface area contributed by atoms with Gasteiger partial charge < -0.3 is 5.32 Å². The number of rotatable bonds is 4. The third kappa shape index (κ3) is 3.18. The van der Waals surface area contributed by atoms with E-state index in [9.17, 15) is 0 Å². The van der Waals surface area contributed by atoms with Gasteiger partial charge in [0.1, 0.15) is 0 Å². The number of nitrogens with one attached hydrogen (secondary N) is 1. The zero-order valence-electron chi connectivity index (χ0n) is 12.1. The first-order chi connectivity index (χ1) is 10.2. The van der Waals surface area contributed by atoms with Gasteiger partial charge in [-0.2, -0.15) is 0 Å². The van der Waals surface area contributed by atoms with Crippen molar-refractivity contribution < 1.29 is 0 Å². The zero-order valence-corrected chi connectivity index (χ0v) is 14.4. The van der Waals surface area contributed by atoms with Crippen LogP contribution in [-0.2, 0) is 0 Å². The topological polar surface area (TPSA) is 12.0 Å². The average Bonchev–Trinajstić information content (AvgIpc) is 2.42. The van der Waals surface area contributed by atoms with Gasteiger partial charge in [0.25, 0.3) is 0 Å². The van der Waals surface area contributed by atoms with E-state index in [-0.39, 0.29) is 6.04 Å². The van der Waals surface area contributed by atoms with Gasteiger partial charge >= 0.3 is 0 Å². The van der Waals surface area contributed by atoms with Crippen molar-refractivity contribution in [2.24, 2.45) is 0 Å². The van der Waals surface area contributed by atoms with Gasteiger partial charge in [0.15, 0.2) is 0 Å². The van der Waals surface area contributed by atoms with E-state index in [2.05, 4.69) is 51.6 Å². The molecule has 0 aliphatic heterocycles. The molecule has 2 aromatic carbocycles. The number of benzene rings is 2. The van der Waals surface area contributed by atoms with E-state index in [1.807, 2.05) is 19.2 Å². The second-order valence-electron chi connectivity index (χ2n) is 5.69. The van der Waals surface area contributed by atoms with E-state index in [1.54, 1.807) is 0 Å². The smallest absolute Gasteiger partial charge is 0.0574 e. The molecule has 0 radical (unpaired) electrons. The highest BCUT2D eigenvalue weighted by Crippen LogP contribution is 2.37. The molecular weight excluding hydrogens is 346 g/mol. The van der Waals surface area contributed by atoms with Gasteiger partial charge in [-0.3, -0.25) is 0 Å². The molecule has 1 nitrogen and oxygen atoms in total. The summed E-state index contributed by atoms with van der Waals surface area (Å²) in [5, 5.41) is 4.16. The van der Waals surface area contributed by atoms with E-state index in [0.717, 1.165) is 15.4 Å². The van der Waals surface area contributed by atoms with Crippen LogP contribution in [0.5, 0.6) is 0 Å². The molecule has 1 fully saturated rings. The van der Waals surface area contributed by atoms with Crippen molar-refractivity contribution in [1.82, 2.24) is 5.32 Å². The van der Waals surface area contributed by atoms with Gasteiger partial charge in [0, 0.05) is 4.47 Å². The summed E-state index contributed by atoms with van der Waals surface area (Å²) in [5.41, 5.74) is 3.97. The second-order valence-corrected chi connectivity index (χ2v) is 6.95. The number of hydrogen-bond acceptors (Lipinski definition) is 1. The molecule has 21 heavy (non-hydrogen) atoms. The van der Waals surface area contributed by atoms with Crippen LogP contribution in [0.1, 0.15) is 47.9 Å². The third-order valence-corrected chi connectivity index (χ3v) is 5.62. The van der Waals surface area contributed by atoms with E-state index in [1.165, 1.54) is 36.0 Å². The van der Waals surface area contributed by atoms with Crippen LogP contribution >= 0.6 is 27.5 Å². The lowest BCUT2D eigenvalue weighted by Gasteiger charge is -2.27. The molecule has 1 saturated carbocycles. The quantitative estimate of drug-likeness (QED) is 0.736. The van der Waals surface area contributed by atoms with E-state index in [0.29, 0.717) is 0 Å². The Morgan fingerprint density at radius 3 is 2.52 bits per heavy atom. The maximum absolute atomic E-state index is 6.24. The standard InChI is InChI=1S/C18H19BrClN/c1-21-18(15-8-9-16(19)17(20)11-15)14-7-3-6-13(10-14)12-4-2-5-12/h3,6-12,18,21H,2,4-5H2,1H3. The SMILES string of the molecule is CNC(c1cccc(C2CCC2)c1)c1ccc(Br)c(Cl)c1. The molecule has 1 aliphatic carbocycles. The van der Waals surface area contributed by atoms with Gasteiger partial charge in [0.2, 0.25) is 0 Å². The molecule has 3 heteroatoms. The summed E-state index contributed by atoms with van der Waals surface area (Å²) >= 11 is 9.69. The van der Waals surface area contributed by atoms with Crippen molar-refractivity contribution in [3.63, 3.8) is 0 Å². The van der Waals surface area contributed by atoms with Crippen LogP contribution in [0, 0.1) is 0 Å². The van der Waals surface area contributed by atoms with Crippen molar-refractivity contribution in [3.8, 4) is 0 Å². The Kier molecular flexibility index (Phi) is 4.68. The highest BCUT2D eigenvalue weighted by Gasteiger charge is 2.21. The summed E-state index contributed by atoms with van der Waals surface area (Å²) in [6.45, 7) is 0. The maximum atomic E-state index is 6.24. The first-order valence-corrected chi connectivity index (χ1v) is 8.58. The van der Waals surface area contributed by atoms with Crippen LogP contribution in [0.2, 0.25) is 5.02 Å². The molecule has 3 rings (SSSR count). The first kappa shape index (κ1) is 15.1. The Bertz CT molecular complexity index is 637. The molecule has 1 unspecified atom stereocenters. The van der Waals surface area contributed by atoms with E-state index < -0.39 is 0 Å². The lowest BCUT2D eigenvalue weighted by molar-refractivity contribution is 0.419. The van der Waals surface area contributed by atoms with Crippen LogP contribution < -0.4 is 5.32 Å². The van der Waals surface area contributed by atoms with Crippen LogP contribution in [0.3, 0.4) is 0 Å². The van der Waals surface area contributed by atoms with Crippen molar-refractivity contribution >= 4 is 27.5 Å². The van der Waals surface area contributed by atoms with E-state index in [4.69, 9.17) is 11.6 Å². The molecule has 110 valence electrons. The monoisotopic (exact) mass is 363 g/mol. The predicted octanol–water partition coefficient (Wildman–Crippen LogP) is 5.68. The molecule has 0 spiro atoms.